The molecular formula is C19H31N3O. The molecular weight excluding hydrogens is 286 g/mol. The van der Waals surface area contributed by atoms with Gasteiger partial charge in [-0.05, 0) is 25.0 Å². The van der Waals surface area contributed by atoms with E-state index in [4.69, 9.17) is 0 Å². The van der Waals surface area contributed by atoms with Crippen LogP contribution in [0.25, 0.3) is 0 Å². The maximum absolute atomic E-state index is 11.7. The highest BCUT2D eigenvalue weighted by molar-refractivity contribution is 5.94. The van der Waals surface area contributed by atoms with Crippen molar-refractivity contribution < 1.29 is 4.79 Å². The third-order valence-electron chi connectivity index (χ3n) is 3.89. The number of pyridine rings is 1. The Bertz CT molecular complexity index is 432. The van der Waals surface area contributed by atoms with E-state index in [-0.39, 0.29) is 5.91 Å². The Morgan fingerprint density at radius 3 is 2.17 bits per heavy atom. The first-order chi connectivity index (χ1) is 11.3. The summed E-state index contributed by atoms with van der Waals surface area (Å²) in [6.45, 7) is 2.26. The number of rotatable bonds is 13. The number of hydrogen-bond acceptors (Lipinski definition) is 3. The second kappa shape index (κ2) is 13.9. The van der Waals surface area contributed by atoms with Gasteiger partial charge in [0.25, 0.3) is 5.91 Å². The Balaban J connectivity index is 1.90. The Hall–Kier alpha value is -1.71. The van der Waals surface area contributed by atoms with Crippen molar-refractivity contribution in [2.75, 3.05) is 0 Å². The SMILES string of the molecule is CCCCCCCCCCCC/C=N/NC(=O)c1ccncc1. The number of unbranched alkanes of at least 4 members (excludes halogenated alkanes) is 10. The maximum atomic E-state index is 11.7. The zero-order valence-electron chi connectivity index (χ0n) is 14.5. The second-order valence-electron chi connectivity index (χ2n) is 5.96. The lowest BCUT2D eigenvalue weighted by Gasteiger charge is -2.01. The maximum Gasteiger partial charge on any atom is 0.271 e. The van der Waals surface area contributed by atoms with Gasteiger partial charge in [-0.25, -0.2) is 5.43 Å². The monoisotopic (exact) mass is 317 g/mol. The Morgan fingerprint density at radius 2 is 1.57 bits per heavy atom. The van der Waals surface area contributed by atoms with Gasteiger partial charge in [0.2, 0.25) is 0 Å². The molecule has 1 N–H and O–H groups in total. The number of hydrazone groups is 1. The Labute approximate surface area is 140 Å². The molecule has 1 amide bonds. The molecule has 0 aliphatic carbocycles. The summed E-state index contributed by atoms with van der Waals surface area (Å²) in [5, 5.41) is 3.98. The van der Waals surface area contributed by atoms with Crippen LogP contribution in [0, 0.1) is 0 Å². The van der Waals surface area contributed by atoms with Crippen molar-refractivity contribution >= 4 is 12.1 Å². The zero-order valence-corrected chi connectivity index (χ0v) is 14.5. The standard InChI is InChI=1S/C19H31N3O/c1-2-3-4-5-6-7-8-9-10-11-12-15-21-22-19(23)18-13-16-20-17-14-18/h13-17H,2-12H2,1H3,(H,22,23)/b21-15+. The molecule has 4 nitrogen and oxygen atoms in total. The van der Waals surface area contributed by atoms with Crippen molar-refractivity contribution in [1.82, 2.24) is 10.4 Å². The first kappa shape index (κ1) is 19.3. The van der Waals surface area contributed by atoms with Crippen molar-refractivity contribution in [2.24, 2.45) is 5.10 Å². The molecule has 0 aliphatic rings. The summed E-state index contributed by atoms with van der Waals surface area (Å²) < 4.78 is 0. The summed E-state index contributed by atoms with van der Waals surface area (Å²) in [5.41, 5.74) is 3.12. The molecule has 1 rings (SSSR count). The molecule has 0 saturated heterocycles. The molecule has 0 aliphatic heterocycles. The summed E-state index contributed by atoms with van der Waals surface area (Å²) in [6, 6.07) is 3.35. The summed E-state index contributed by atoms with van der Waals surface area (Å²) in [7, 11) is 0. The van der Waals surface area contributed by atoms with Gasteiger partial charge < -0.3 is 0 Å². The minimum Gasteiger partial charge on any atom is -0.267 e. The fraction of sp³-hybridized carbons (Fsp3) is 0.632. The van der Waals surface area contributed by atoms with Crippen molar-refractivity contribution in [3.63, 3.8) is 0 Å². The lowest BCUT2D eigenvalue weighted by molar-refractivity contribution is 0.0955. The highest BCUT2D eigenvalue weighted by Crippen LogP contribution is 2.10. The van der Waals surface area contributed by atoms with E-state index in [0.717, 1.165) is 12.8 Å². The van der Waals surface area contributed by atoms with Crippen LogP contribution in [0.4, 0.5) is 0 Å². The van der Waals surface area contributed by atoms with E-state index in [1.165, 1.54) is 57.8 Å². The van der Waals surface area contributed by atoms with E-state index in [9.17, 15) is 4.79 Å². The van der Waals surface area contributed by atoms with Crippen LogP contribution in [0.15, 0.2) is 29.6 Å². The Morgan fingerprint density at radius 1 is 1.00 bits per heavy atom. The molecule has 4 heteroatoms. The second-order valence-corrected chi connectivity index (χ2v) is 5.96. The third-order valence-corrected chi connectivity index (χ3v) is 3.89. The van der Waals surface area contributed by atoms with Crippen LogP contribution in [0.1, 0.15) is 87.9 Å². The lowest BCUT2D eigenvalue weighted by atomic mass is 10.1. The number of hydrogen-bond donors (Lipinski definition) is 1. The molecule has 0 spiro atoms. The summed E-state index contributed by atoms with van der Waals surface area (Å²) >= 11 is 0. The van der Waals surface area contributed by atoms with Gasteiger partial charge >= 0.3 is 0 Å². The molecule has 1 aromatic rings. The molecule has 1 heterocycles. The van der Waals surface area contributed by atoms with E-state index in [2.05, 4.69) is 22.4 Å². The molecule has 128 valence electrons. The van der Waals surface area contributed by atoms with Crippen molar-refractivity contribution in [2.45, 2.75) is 77.6 Å². The van der Waals surface area contributed by atoms with Gasteiger partial charge in [0, 0.05) is 24.2 Å². The van der Waals surface area contributed by atoms with Gasteiger partial charge in [-0.15, -0.1) is 0 Å². The normalized spacial score (nSPS) is 11.0. The largest absolute Gasteiger partial charge is 0.271 e. The van der Waals surface area contributed by atoms with Gasteiger partial charge in [-0.2, -0.15) is 5.10 Å². The van der Waals surface area contributed by atoms with E-state index in [1.54, 1.807) is 30.7 Å². The van der Waals surface area contributed by atoms with Crippen molar-refractivity contribution in [1.29, 1.82) is 0 Å². The third kappa shape index (κ3) is 10.6. The number of nitrogens with zero attached hydrogens (tertiary/aromatic N) is 2. The van der Waals surface area contributed by atoms with Gasteiger partial charge in [0.05, 0.1) is 0 Å². The fourth-order valence-electron chi connectivity index (χ4n) is 2.46. The summed E-state index contributed by atoms with van der Waals surface area (Å²) in [5.74, 6) is -0.188. The molecule has 0 bridgehead atoms. The average Bonchev–Trinajstić information content (AvgIpc) is 2.59. The predicted octanol–water partition coefficient (Wildman–Crippen LogP) is 5.11. The summed E-state index contributed by atoms with van der Waals surface area (Å²) in [6.07, 6.45) is 19.2. The van der Waals surface area contributed by atoms with Crippen LogP contribution in [-0.4, -0.2) is 17.1 Å². The molecule has 1 aromatic heterocycles. The van der Waals surface area contributed by atoms with Gasteiger partial charge in [0.15, 0.2) is 0 Å². The number of amides is 1. The van der Waals surface area contributed by atoms with Gasteiger partial charge in [0.1, 0.15) is 0 Å². The zero-order chi connectivity index (χ0) is 16.6. The highest BCUT2D eigenvalue weighted by Gasteiger charge is 2.01. The molecule has 0 aromatic carbocycles. The average molecular weight is 317 g/mol. The van der Waals surface area contributed by atoms with E-state index >= 15 is 0 Å². The first-order valence-corrected chi connectivity index (χ1v) is 9.06. The molecule has 0 unspecified atom stereocenters. The van der Waals surface area contributed by atoms with Crippen LogP contribution in [0.2, 0.25) is 0 Å². The number of carbonyl (C=O) groups is 1. The number of aromatic nitrogens is 1. The Kier molecular flexibility index (Phi) is 11.7. The molecule has 0 radical (unpaired) electrons. The number of carbonyl (C=O) groups excluding carboxylic acids is 1. The molecule has 0 fully saturated rings. The van der Waals surface area contributed by atoms with Crippen molar-refractivity contribution in [3.8, 4) is 0 Å². The van der Waals surface area contributed by atoms with Crippen LogP contribution < -0.4 is 5.43 Å². The minimum atomic E-state index is -0.188. The first-order valence-electron chi connectivity index (χ1n) is 9.06. The van der Waals surface area contributed by atoms with Crippen LogP contribution in [0.3, 0.4) is 0 Å². The summed E-state index contributed by atoms with van der Waals surface area (Å²) in [4.78, 5) is 15.6. The van der Waals surface area contributed by atoms with Crippen LogP contribution in [-0.2, 0) is 0 Å². The fourth-order valence-corrected chi connectivity index (χ4v) is 2.46. The lowest BCUT2D eigenvalue weighted by Crippen LogP contribution is -2.17. The van der Waals surface area contributed by atoms with Crippen LogP contribution >= 0.6 is 0 Å². The predicted molar refractivity (Wildman–Crippen MR) is 96.7 cm³/mol. The van der Waals surface area contributed by atoms with Gasteiger partial charge in [-0.3, -0.25) is 9.78 Å². The smallest absolute Gasteiger partial charge is 0.267 e. The van der Waals surface area contributed by atoms with E-state index in [1.807, 2.05) is 0 Å². The minimum absolute atomic E-state index is 0.188. The number of nitrogens with one attached hydrogen (secondary N) is 1. The van der Waals surface area contributed by atoms with E-state index in [0.29, 0.717) is 5.56 Å². The quantitative estimate of drug-likeness (QED) is 0.312. The topological polar surface area (TPSA) is 54.4 Å². The van der Waals surface area contributed by atoms with Gasteiger partial charge in [-0.1, -0.05) is 64.7 Å². The van der Waals surface area contributed by atoms with E-state index < -0.39 is 0 Å². The molecule has 0 atom stereocenters. The van der Waals surface area contributed by atoms with Crippen LogP contribution in [0.5, 0.6) is 0 Å². The highest BCUT2D eigenvalue weighted by atomic mass is 16.2. The van der Waals surface area contributed by atoms with Crippen molar-refractivity contribution in [3.05, 3.63) is 30.1 Å². The molecule has 0 saturated carbocycles. The molecule has 23 heavy (non-hydrogen) atoms.